The highest BCUT2D eigenvalue weighted by molar-refractivity contribution is 5.35. The highest BCUT2D eigenvalue weighted by atomic mass is 15.2. The quantitative estimate of drug-likeness (QED) is 0.688. The molecule has 0 aliphatic carbocycles. The molecule has 3 aromatic rings. The van der Waals surface area contributed by atoms with Gasteiger partial charge in [0.1, 0.15) is 5.82 Å². The van der Waals surface area contributed by atoms with Gasteiger partial charge in [-0.2, -0.15) is 0 Å². The van der Waals surface area contributed by atoms with Crippen LogP contribution in [0.25, 0.3) is 5.69 Å². The van der Waals surface area contributed by atoms with E-state index in [-0.39, 0.29) is 0 Å². The number of nitrogens with two attached hydrogens (primary N) is 1. The molecule has 0 bridgehead atoms. The van der Waals surface area contributed by atoms with E-state index in [9.17, 15) is 0 Å². The van der Waals surface area contributed by atoms with Crippen molar-refractivity contribution < 1.29 is 0 Å². The van der Waals surface area contributed by atoms with Gasteiger partial charge in [-0.15, -0.1) is 0 Å². The molecule has 0 spiro atoms. The lowest BCUT2D eigenvalue weighted by Gasteiger charge is -2.22. The molecule has 3 rings (SSSR count). The number of hydrogen-bond donors (Lipinski definition) is 1. The van der Waals surface area contributed by atoms with Crippen LogP contribution in [-0.4, -0.2) is 34.1 Å². The average Bonchev–Trinajstić information content (AvgIpc) is 3.02. The molecule has 2 N–H and O–H groups in total. The van der Waals surface area contributed by atoms with Crippen molar-refractivity contribution >= 4 is 0 Å². The van der Waals surface area contributed by atoms with Gasteiger partial charge in [0, 0.05) is 31.9 Å². The van der Waals surface area contributed by atoms with E-state index in [4.69, 9.17) is 5.73 Å². The van der Waals surface area contributed by atoms with Crippen molar-refractivity contribution in [2.75, 3.05) is 19.6 Å². The third-order valence-electron chi connectivity index (χ3n) is 4.42. The Morgan fingerprint density at radius 3 is 2.32 bits per heavy atom. The molecule has 0 radical (unpaired) electrons. The average molecular weight is 334 g/mol. The minimum atomic E-state index is 0.660. The first-order valence-corrected chi connectivity index (χ1v) is 8.83. The van der Waals surface area contributed by atoms with E-state index in [1.807, 2.05) is 19.2 Å². The van der Waals surface area contributed by atoms with Crippen molar-refractivity contribution in [1.82, 2.24) is 14.5 Å². The van der Waals surface area contributed by atoms with Crippen molar-refractivity contribution in [2.45, 2.75) is 19.9 Å². The smallest absolute Gasteiger partial charge is 0.110 e. The normalized spacial score (nSPS) is 11.2. The van der Waals surface area contributed by atoms with Gasteiger partial charge in [-0.05, 0) is 31.0 Å². The predicted molar refractivity (Wildman–Crippen MR) is 103 cm³/mol. The van der Waals surface area contributed by atoms with Crippen LogP contribution in [-0.2, 0) is 13.0 Å². The molecule has 0 atom stereocenters. The van der Waals surface area contributed by atoms with Crippen LogP contribution in [0.3, 0.4) is 0 Å². The Hall–Kier alpha value is -2.43. The molecular formula is C21H26N4. The molecule has 4 nitrogen and oxygen atoms in total. The summed E-state index contributed by atoms with van der Waals surface area (Å²) in [5.41, 5.74) is 9.56. The molecule has 0 unspecified atom stereocenters. The largest absolute Gasteiger partial charge is 0.329 e. The molecule has 1 heterocycles. The Bertz CT molecular complexity index is 765. The van der Waals surface area contributed by atoms with Crippen molar-refractivity contribution in [2.24, 2.45) is 5.73 Å². The zero-order chi connectivity index (χ0) is 17.5. The Morgan fingerprint density at radius 1 is 0.960 bits per heavy atom. The number of nitrogens with zero attached hydrogens (tertiary/aromatic N) is 3. The standard InChI is InChI=1S/C21H26N4/c1-18-23-16-21(25(18)20-10-6-3-7-11-20)17-24(15-13-22)14-12-19-8-4-2-5-9-19/h2-11,16H,12-15,17,22H2,1H3. The van der Waals surface area contributed by atoms with Gasteiger partial charge >= 0.3 is 0 Å². The number of hydrogen-bond acceptors (Lipinski definition) is 3. The molecule has 0 saturated heterocycles. The molecule has 130 valence electrons. The number of aromatic nitrogens is 2. The summed E-state index contributed by atoms with van der Waals surface area (Å²) >= 11 is 0. The van der Waals surface area contributed by atoms with Crippen LogP contribution >= 0.6 is 0 Å². The lowest BCUT2D eigenvalue weighted by molar-refractivity contribution is 0.271. The molecule has 0 aliphatic rings. The highest BCUT2D eigenvalue weighted by Gasteiger charge is 2.13. The summed E-state index contributed by atoms with van der Waals surface area (Å²) in [4.78, 5) is 6.94. The molecular weight excluding hydrogens is 308 g/mol. The van der Waals surface area contributed by atoms with E-state index in [1.165, 1.54) is 11.3 Å². The minimum absolute atomic E-state index is 0.660. The van der Waals surface area contributed by atoms with Crippen LogP contribution in [0.4, 0.5) is 0 Å². The number of para-hydroxylation sites is 1. The second-order valence-corrected chi connectivity index (χ2v) is 6.27. The Labute approximate surface area is 149 Å². The van der Waals surface area contributed by atoms with Crippen LogP contribution < -0.4 is 5.73 Å². The van der Waals surface area contributed by atoms with E-state index in [0.717, 1.165) is 37.6 Å². The first-order chi connectivity index (χ1) is 12.3. The molecule has 4 heteroatoms. The fraction of sp³-hybridized carbons (Fsp3) is 0.286. The summed E-state index contributed by atoms with van der Waals surface area (Å²) in [5, 5.41) is 0. The summed E-state index contributed by atoms with van der Waals surface area (Å²) in [6, 6.07) is 21.0. The number of imidazole rings is 1. The number of aryl methyl sites for hydroxylation is 1. The molecule has 2 aromatic carbocycles. The molecule has 1 aromatic heterocycles. The predicted octanol–water partition coefficient (Wildman–Crippen LogP) is 3.18. The molecule has 0 amide bonds. The zero-order valence-electron chi connectivity index (χ0n) is 14.8. The summed E-state index contributed by atoms with van der Waals surface area (Å²) in [6.07, 6.45) is 3.01. The van der Waals surface area contributed by atoms with Crippen LogP contribution in [0.5, 0.6) is 0 Å². The van der Waals surface area contributed by atoms with Crippen LogP contribution in [0.1, 0.15) is 17.1 Å². The van der Waals surface area contributed by atoms with Gasteiger partial charge in [0.2, 0.25) is 0 Å². The van der Waals surface area contributed by atoms with Crippen LogP contribution in [0.2, 0.25) is 0 Å². The zero-order valence-corrected chi connectivity index (χ0v) is 14.8. The van der Waals surface area contributed by atoms with Crippen molar-refractivity contribution in [3.8, 4) is 5.69 Å². The van der Waals surface area contributed by atoms with E-state index in [1.54, 1.807) is 0 Å². The maximum atomic E-state index is 5.84. The van der Waals surface area contributed by atoms with Gasteiger partial charge in [-0.3, -0.25) is 9.47 Å². The molecule has 0 aliphatic heterocycles. The van der Waals surface area contributed by atoms with Crippen molar-refractivity contribution in [1.29, 1.82) is 0 Å². The molecule has 25 heavy (non-hydrogen) atoms. The minimum Gasteiger partial charge on any atom is -0.329 e. The van der Waals surface area contributed by atoms with E-state index in [0.29, 0.717) is 6.54 Å². The third-order valence-corrected chi connectivity index (χ3v) is 4.42. The maximum Gasteiger partial charge on any atom is 0.110 e. The third kappa shape index (κ3) is 4.56. The fourth-order valence-electron chi connectivity index (χ4n) is 3.15. The lowest BCUT2D eigenvalue weighted by Crippen LogP contribution is -2.31. The number of benzene rings is 2. The SMILES string of the molecule is Cc1ncc(CN(CCN)CCc2ccccc2)n1-c1ccccc1. The first kappa shape index (κ1) is 17.4. The second-order valence-electron chi connectivity index (χ2n) is 6.27. The summed E-state index contributed by atoms with van der Waals surface area (Å²) in [7, 11) is 0. The molecule has 0 fully saturated rings. The summed E-state index contributed by atoms with van der Waals surface area (Å²) in [6.45, 7) is 5.42. The Kier molecular flexibility index (Phi) is 5.99. The van der Waals surface area contributed by atoms with Crippen LogP contribution in [0.15, 0.2) is 66.9 Å². The summed E-state index contributed by atoms with van der Waals surface area (Å²) in [5.74, 6) is 1.01. The van der Waals surface area contributed by atoms with Crippen LogP contribution in [0, 0.1) is 6.92 Å². The van der Waals surface area contributed by atoms with E-state index in [2.05, 4.69) is 69.0 Å². The number of rotatable bonds is 8. The van der Waals surface area contributed by atoms with Gasteiger partial charge in [0.25, 0.3) is 0 Å². The second kappa shape index (κ2) is 8.60. The van der Waals surface area contributed by atoms with Crippen molar-refractivity contribution in [3.63, 3.8) is 0 Å². The van der Waals surface area contributed by atoms with E-state index < -0.39 is 0 Å². The molecule has 0 saturated carbocycles. The van der Waals surface area contributed by atoms with Gasteiger partial charge < -0.3 is 5.73 Å². The van der Waals surface area contributed by atoms with Gasteiger partial charge in [0.15, 0.2) is 0 Å². The topological polar surface area (TPSA) is 47.1 Å². The van der Waals surface area contributed by atoms with Gasteiger partial charge in [0.05, 0.1) is 11.9 Å². The van der Waals surface area contributed by atoms with Gasteiger partial charge in [-0.25, -0.2) is 4.98 Å². The highest BCUT2D eigenvalue weighted by Crippen LogP contribution is 2.16. The van der Waals surface area contributed by atoms with Gasteiger partial charge in [-0.1, -0.05) is 48.5 Å². The first-order valence-electron chi connectivity index (χ1n) is 8.83. The lowest BCUT2D eigenvalue weighted by atomic mass is 10.1. The monoisotopic (exact) mass is 334 g/mol. The van der Waals surface area contributed by atoms with Crippen molar-refractivity contribution in [3.05, 3.63) is 83.9 Å². The van der Waals surface area contributed by atoms with E-state index >= 15 is 0 Å². The maximum absolute atomic E-state index is 5.84. The summed E-state index contributed by atoms with van der Waals surface area (Å²) < 4.78 is 2.23. The fourth-order valence-corrected chi connectivity index (χ4v) is 3.15. The Balaban J connectivity index is 1.74. The Morgan fingerprint density at radius 2 is 1.64 bits per heavy atom.